The number of piperazine rings is 2. The lowest BCUT2D eigenvalue weighted by molar-refractivity contribution is -0.146. The highest BCUT2D eigenvalue weighted by Gasteiger charge is 2.43. The Morgan fingerprint density at radius 2 is 1.60 bits per heavy atom. The lowest BCUT2D eigenvalue weighted by Crippen LogP contribution is -2.67. The van der Waals surface area contributed by atoms with Gasteiger partial charge in [0.2, 0.25) is 5.91 Å². The number of likely N-dealkylation sites (N-methyl/N-ethyl adjacent to an activating group) is 1. The van der Waals surface area contributed by atoms with Gasteiger partial charge in [0.05, 0.1) is 19.3 Å². The van der Waals surface area contributed by atoms with Crippen molar-refractivity contribution in [3.05, 3.63) is 101 Å². The van der Waals surface area contributed by atoms with Crippen molar-refractivity contribution in [1.82, 2.24) is 39.8 Å². The smallest absolute Gasteiger partial charge is 0.453 e. The zero-order chi connectivity index (χ0) is 33.1. The molecule has 6 rings (SSSR count). The van der Waals surface area contributed by atoms with Crippen LogP contribution in [0.15, 0.2) is 78.9 Å². The van der Waals surface area contributed by atoms with Crippen LogP contribution < -0.4 is 4.74 Å². The van der Waals surface area contributed by atoms with Crippen molar-refractivity contribution in [3.8, 4) is 11.4 Å². The molecule has 2 fully saturated rings. The number of methoxy groups -OCH3 is 1. The van der Waals surface area contributed by atoms with Crippen LogP contribution in [0.2, 0.25) is 0 Å². The van der Waals surface area contributed by atoms with E-state index in [2.05, 4.69) is 78.8 Å². The third-order valence-corrected chi connectivity index (χ3v) is 9.14. The first-order valence-electron chi connectivity index (χ1n) is 15.7. The summed E-state index contributed by atoms with van der Waals surface area (Å²) in [4.78, 5) is 21.5. The summed E-state index contributed by atoms with van der Waals surface area (Å²) in [6.07, 6.45) is -4.71. The van der Waals surface area contributed by atoms with E-state index in [1.807, 2.05) is 12.1 Å². The number of alkyl halides is 3. The lowest BCUT2D eigenvalue weighted by Gasteiger charge is -2.53. The minimum atomic E-state index is -4.71. The van der Waals surface area contributed by atoms with Gasteiger partial charge < -0.3 is 9.64 Å². The standard InChI is InChI=1S/C34H39F3N8O2/c1-41(2)31(46)23-42-16-17-44-28(20-42)21-43(22-29(44)32(24-10-6-4-7-11-24)25-12-8-5-9-13-25)19-26-18-27(14-15-30(26)47-3)45-33(34(35,36)37)38-39-40-45/h4-15,18,28-29,32H,16-17,19-23H2,1-3H3/t28-,29+/m1/s1. The molecule has 0 spiro atoms. The normalized spacial score (nSPS) is 19.5. The first kappa shape index (κ1) is 32.6. The topological polar surface area (TPSA) is 82.9 Å². The third kappa shape index (κ3) is 7.16. The van der Waals surface area contributed by atoms with Gasteiger partial charge in [-0.15, -0.1) is 5.10 Å². The number of aromatic nitrogens is 4. The predicted octanol–water partition coefficient (Wildman–Crippen LogP) is 3.78. The van der Waals surface area contributed by atoms with Crippen molar-refractivity contribution in [2.75, 3.05) is 60.5 Å². The number of ether oxygens (including phenoxy) is 1. The van der Waals surface area contributed by atoms with Crippen LogP contribution in [-0.2, 0) is 17.5 Å². The van der Waals surface area contributed by atoms with E-state index in [4.69, 9.17) is 4.74 Å². The second-order valence-electron chi connectivity index (χ2n) is 12.4. The first-order chi connectivity index (χ1) is 22.6. The van der Waals surface area contributed by atoms with E-state index in [9.17, 15) is 18.0 Å². The Morgan fingerprint density at radius 1 is 0.936 bits per heavy atom. The Hall–Kier alpha value is -4.33. The fourth-order valence-electron chi connectivity index (χ4n) is 6.93. The lowest BCUT2D eigenvalue weighted by atomic mass is 9.81. The Labute approximate surface area is 272 Å². The molecule has 10 nitrogen and oxygen atoms in total. The monoisotopic (exact) mass is 648 g/mol. The van der Waals surface area contributed by atoms with Crippen molar-refractivity contribution in [2.24, 2.45) is 0 Å². The molecule has 2 aliphatic rings. The molecule has 3 heterocycles. The number of halogens is 3. The fourth-order valence-corrected chi connectivity index (χ4v) is 6.93. The van der Waals surface area contributed by atoms with E-state index in [0.717, 1.165) is 25.2 Å². The highest BCUT2D eigenvalue weighted by molar-refractivity contribution is 5.77. The average Bonchev–Trinajstić information content (AvgIpc) is 3.57. The van der Waals surface area contributed by atoms with Crippen molar-refractivity contribution < 1.29 is 22.7 Å². The maximum absolute atomic E-state index is 13.7. The van der Waals surface area contributed by atoms with Crippen LogP contribution in [0.1, 0.15) is 28.4 Å². The Bertz CT molecular complexity index is 1610. The van der Waals surface area contributed by atoms with Crippen LogP contribution in [0.4, 0.5) is 13.2 Å². The van der Waals surface area contributed by atoms with Gasteiger partial charge in [-0.2, -0.15) is 17.9 Å². The molecule has 2 atom stereocenters. The van der Waals surface area contributed by atoms with Gasteiger partial charge in [-0.3, -0.25) is 19.5 Å². The molecular formula is C34H39F3N8O2. The van der Waals surface area contributed by atoms with Crippen molar-refractivity contribution in [3.63, 3.8) is 0 Å². The molecule has 2 aliphatic heterocycles. The van der Waals surface area contributed by atoms with Gasteiger partial charge in [-0.05, 0) is 39.8 Å². The Kier molecular flexibility index (Phi) is 9.57. The summed E-state index contributed by atoms with van der Waals surface area (Å²) in [5, 5.41) is 10.1. The molecule has 47 heavy (non-hydrogen) atoms. The van der Waals surface area contributed by atoms with Crippen LogP contribution in [0, 0.1) is 0 Å². The van der Waals surface area contributed by atoms with Gasteiger partial charge >= 0.3 is 6.18 Å². The summed E-state index contributed by atoms with van der Waals surface area (Å²) in [5.74, 6) is -0.484. The molecule has 0 radical (unpaired) electrons. The molecular weight excluding hydrogens is 609 g/mol. The van der Waals surface area contributed by atoms with Gasteiger partial charge in [0.15, 0.2) is 0 Å². The van der Waals surface area contributed by atoms with Gasteiger partial charge in [0.1, 0.15) is 5.75 Å². The second kappa shape index (κ2) is 13.8. The predicted molar refractivity (Wildman–Crippen MR) is 170 cm³/mol. The molecule has 0 unspecified atom stereocenters. The van der Waals surface area contributed by atoms with E-state index in [1.165, 1.54) is 17.2 Å². The number of benzene rings is 3. The van der Waals surface area contributed by atoms with Gasteiger partial charge in [-0.25, -0.2) is 0 Å². The number of carbonyl (C=O) groups is 1. The van der Waals surface area contributed by atoms with Gasteiger partial charge in [0.25, 0.3) is 5.82 Å². The molecule has 0 bridgehead atoms. The quantitative estimate of drug-likeness (QED) is 0.272. The average molecular weight is 649 g/mol. The summed E-state index contributed by atoms with van der Waals surface area (Å²) >= 11 is 0. The van der Waals surface area contributed by atoms with E-state index in [-0.39, 0.29) is 29.6 Å². The van der Waals surface area contributed by atoms with Crippen LogP contribution in [0.3, 0.4) is 0 Å². The van der Waals surface area contributed by atoms with Crippen LogP contribution in [0.25, 0.3) is 5.69 Å². The van der Waals surface area contributed by atoms with Gasteiger partial charge in [-0.1, -0.05) is 60.7 Å². The largest absolute Gasteiger partial charge is 0.496 e. The fraction of sp³-hybridized carbons (Fsp3) is 0.412. The summed E-state index contributed by atoms with van der Waals surface area (Å²) in [6.45, 7) is 4.55. The first-order valence-corrected chi connectivity index (χ1v) is 15.7. The molecule has 2 saturated heterocycles. The zero-order valence-electron chi connectivity index (χ0n) is 26.7. The number of hydrogen-bond acceptors (Lipinski definition) is 8. The summed E-state index contributed by atoms with van der Waals surface area (Å²) in [5.41, 5.74) is 3.36. The molecule has 248 valence electrons. The van der Waals surface area contributed by atoms with E-state index >= 15 is 0 Å². The van der Waals surface area contributed by atoms with Crippen molar-refractivity contribution >= 4 is 5.91 Å². The number of carbonyl (C=O) groups excluding carboxylic acids is 1. The molecule has 13 heteroatoms. The number of rotatable bonds is 9. The second-order valence-corrected chi connectivity index (χ2v) is 12.4. The maximum atomic E-state index is 13.7. The maximum Gasteiger partial charge on any atom is 0.453 e. The van der Waals surface area contributed by atoms with E-state index in [0.29, 0.717) is 36.6 Å². The minimum Gasteiger partial charge on any atom is -0.496 e. The molecule has 1 aromatic heterocycles. The SMILES string of the molecule is COc1ccc(-n2nnnc2C(F)(F)F)cc1CN1C[C@H]2CN(CC(=O)N(C)C)CCN2[C@H](C(c2ccccc2)c2ccccc2)C1. The molecule has 1 amide bonds. The molecule has 0 saturated carbocycles. The number of tetrazole rings is 1. The van der Waals surface area contributed by atoms with E-state index in [1.54, 1.807) is 38.2 Å². The van der Waals surface area contributed by atoms with E-state index < -0.39 is 12.0 Å². The molecule has 4 aromatic rings. The third-order valence-electron chi connectivity index (χ3n) is 9.14. The molecule has 0 aliphatic carbocycles. The molecule has 3 aromatic carbocycles. The molecule has 0 N–H and O–H groups in total. The van der Waals surface area contributed by atoms with Crippen LogP contribution in [0.5, 0.6) is 5.75 Å². The van der Waals surface area contributed by atoms with Crippen molar-refractivity contribution in [1.29, 1.82) is 0 Å². The number of amides is 1. The minimum absolute atomic E-state index is 0.0662. The Morgan fingerprint density at radius 3 is 2.21 bits per heavy atom. The Balaban J connectivity index is 1.36. The highest BCUT2D eigenvalue weighted by atomic mass is 19.4. The highest BCUT2D eigenvalue weighted by Crippen LogP contribution is 2.37. The van der Waals surface area contributed by atoms with Crippen LogP contribution >= 0.6 is 0 Å². The van der Waals surface area contributed by atoms with Gasteiger partial charge in [0, 0.05) is 76.9 Å². The number of fused-ring (bicyclic) bond motifs is 1. The van der Waals surface area contributed by atoms with Crippen molar-refractivity contribution in [2.45, 2.75) is 30.7 Å². The summed E-state index contributed by atoms with van der Waals surface area (Å²) < 4.78 is 47.4. The van der Waals surface area contributed by atoms with Crippen LogP contribution in [-0.4, -0.2) is 118 Å². The summed E-state index contributed by atoms with van der Waals surface area (Å²) in [7, 11) is 5.10. The number of nitrogens with zero attached hydrogens (tertiary/aromatic N) is 8. The number of hydrogen-bond donors (Lipinski definition) is 0. The summed E-state index contributed by atoms with van der Waals surface area (Å²) in [6, 6.07) is 26.1. The zero-order valence-corrected chi connectivity index (χ0v) is 26.7.